The molecule has 0 aromatic heterocycles. The van der Waals surface area contributed by atoms with Crippen LogP contribution in [0.4, 0.5) is 0 Å². The highest BCUT2D eigenvalue weighted by Gasteiger charge is 2.38. The van der Waals surface area contributed by atoms with Gasteiger partial charge in [-0.3, -0.25) is 4.79 Å². The van der Waals surface area contributed by atoms with Gasteiger partial charge in [-0.25, -0.2) is 0 Å². The van der Waals surface area contributed by atoms with Crippen molar-refractivity contribution in [3.8, 4) is 0 Å². The van der Waals surface area contributed by atoms with Gasteiger partial charge in [0, 0.05) is 6.61 Å². The first kappa shape index (κ1) is 11.0. The third-order valence-electron chi connectivity index (χ3n) is 4.01. The van der Waals surface area contributed by atoms with Crippen LogP contribution in [0, 0.1) is 11.8 Å². The number of rotatable bonds is 2. The van der Waals surface area contributed by atoms with Crippen molar-refractivity contribution in [1.82, 2.24) is 0 Å². The van der Waals surface area contributed by atoms with E-state index in [1.54, 1.807) is 0 Å². The van der Waals surface area contributed by atoms with Crippen molar-refractivity contribution in [1.29, 1.82) is 0 Å². The van der Waals surface area contributed by atoms with Crippen LogP contribution in [-0.4, -0.2) is 25.3 Å². The Labute approximate surface area is 101 Å². The van der Waals surface area contributed by atoms with Gasteiger partial charge in [0.05, 0.1) is 18.6 Å². The Morgan fingerprint density at radius 1 is 1.18 bits per heavy atom. The summed E-state index contributed by atoms with van der Waals surface area (Å²) < 4.78 is 10.9. The van der Waals surface area contributed by atoms with Crippen molar-refractivity contribution in [2.75, 3.05) is 13.2 Å². The average Bonchev–Trinajstić information content (AvgIpc) is 3.00. The summed E-state index contributed by atoms with van der Waals surface area (Å²) in [5.41, 5.74) is 1.31. The fraction of sp³-hybridized carbons (Fsp3) is 0.643. The molecule has 2 aliphatic heterocycles. The minimum atomic E-state index is -0.0193. The molecule has 0 amide bonds. The zero-order chi connectivity index (χ0) is 11.7. The van der Waals surface area contributed by atoms with Gasteiger partial charge in [0.25, 0.3) is 0 Å². The molecule has 0 bridgehead atoms. The molecule has 92 valence electrons. The number of esters is 1. The van der Waals surface area contributed by atoms with Crippen LogP contribution in [0.25, 0.3) is 0 Å². The summed E-state index contributed by atoms with van der Waals surface area (Å²) in [5.74, 6) is 0.336. The predicted octanol–water partition coefficient (Wildman–Crippen LogP) is 2.23. The molecule has 3 atom stereocenters. The molecule has 0 aromatic rings. The normalized spacial score (nSPS) is 37.1. The third-order valence-corrected chi connectivity index (χ3v) is 4.01. The van der Waals surface area contributed by atoms with Crippen LogP contribution >= 0.6 is 0 Å². The number of carbonyl (C=O) groups is 1. The van der Waals surface area contributed by atoms with Crippen LogP contribution < -0.4 is 0 Å². The molecule has 0 saturated carbocycles. The summed E-state index contributed by atoms with van der Waals surface area (Å²) in [5, 5.41) is 0. The molecule has 17 heavy (non-hydrogen) atoms. The molecule has 0 aromatic carbocycles. The molecular weight excluding hydrogens is 216 g/mol. The standard InChI is InChI=1S/C14H18O3/c15-14-12(7-9-17-14)10-4-1-2-5-11(10)13-6-3-8-16-13/h1-2,5,10,12-13H,3-4,6-9H2. The second-order valence-corrected chi connectivity index (χ2v) is 5.00. The smallest absolute Gasteiger partial charge is 0.309 e. The largest absolute Gasteiger partial charge is 0.465 e. The Morgan fingerprint density at radius 2 is 2.12 bits per heavy atom. The van der Waals surface area contributed by atoms with Crippen molar-refractivity contribution in [2.45, 2.75) is 31.8 Å². The SMILES string of the molecule is O=C1OCCC1C1CC=CC=C1C1CCCO1. The lowest BCUT2D eigenvalue weighted by Crippen LogP contribution is -2.27. The van der Waals surface area contributed by atoms with Crippen molar-refractivity contribution in [3.63, 3.8) is 0 Å². The number of hydrogen-bond donors (Lipinski definition) is 0. The zero-order valence-corrected chi connectivity index (χ0v) is 9.93. The summed E-state index contributed by atoms with van der Waals surface area (Å²) in [6, 6.07) is 0. The third kappa shape index (κ3) is 2.04. The van der Waals surface area contributed by atoms with Gasteiger partial charge in [-0.15, -0.1) is 0 Å². The van der Waals surface area contributed by atoms with Crippen LogP contribution in [0.5, 0.6) is 0 Å². The number of hydrogen-bond acceptors (Lipinski definition) is 3. The molecule has 3 heteroatoms. The Bertz CT molecular complexity index is 364. The summed E-state index contributed by atoms with van der Waals surface area (Å²) in [6.45, 7) is 1.44. The van der Waals surface area contributed by atoms with E-state index in [1.165, 1.54) is 5.57 Å². The van der Waals surface area contributed by atoms with Gasteiger partial charge in [0.1, 0.15) is 0 Å². The second kappa shape index (κ2) is 4.65. The first-order valence-corrected chi connectivity index (χ1v) is 6.51. The van der Waals surface area contributed by atoms with E-state index >= 15 is 0 Å². The van der Waals surface area contributed by atoms with Crippen molar-refractivity contribution < 1.29 is 14.3 Å². The van der Waals surface area contributed by atoms with E-state index in [4.69, 9.17) is 9.47 Å². The fourth-order valence-corrected chi connectivity index (χ4v) is 3.12. The van der Waals surface area contributed by atoms with Crippen molar-refractivity contribution in [3.05, 3.63) is 23.8 Å². The van der Waals surface area contributed by atoms with Crippen molar-refractivity contribution in [2.24, 2.45) is 11.8 Å². The molecule has 2 fully saturated rings. The van der Waals surface area contributed by atoms with E-state index in [0.717, 1.165) is 32.3 Å². The molecule has 3 rings (SSSR count). The van der Waals surface area contributed by atoms with Crippen LogP contribution in [0.3, 0.4) is 0 Å². The quantitative estimate of drug-likeness (QED) is 0.687. The maximum Gasteiger partial charge on any atom is 0.309 e. The molecule has 0 spiro atoms. The molecule has 0 N–H and O–H groups in total. The fourth-order valence-electron chi connectivity index (χ4n) is 3.12. The van der Waals surface area contributed by atoms with Crippen LogP contribution in [0.2, 0.25) is 0 Å². The first-order valence-electron chi connectivity index (χ1n) is 6.51. The van der Waals surface area contributed by atoms with Crippen LogP contribution in [0.15, 0.2) is 23.8 Å². The molecule has 3 unspecified atom stereocenters. The Hall–Kier alpha value is -1.09. The molecular formula is C14H18O3. The highest BCUT2D eigenvalue weighted by atomic mass is 16.5. The molecule has 1 aliphatic carbocycles. The summed E-state index contributed by atoms with van der Waals surface area (Å²) in [7, 11) is 0. The highest BCUT2D eigenvalue weighted by molar-refractivity contribution is 5.75. The molecule has 0 radical (unpaired) electrons. The maximum atomic E-state index is 11.7. The Kier molecular flexibility index (Phi) is 3.02. The van der Waals surface area contributed by atoms with Gasteiger partial charge in [-0.2, -0.15) is 0 Å². The van der Waals surface area contributed by atoms with Crippen LogP contribution in [0.1, 0.15) is 25.7 Å². The molecule has 3 aliphatic rings. The number of carbonyl (C=O) groups excluding carboxylic acids is 1. The lowest BCUT2D eigenvalue weighted by Gasteiger charge is -2.28. The van der Waals surface area contributed by atoms with E-state index < -0.39 is 0 Å². The van der Waals surface area contributed by atoms with Crippen LogP contribution in [-0.2, 0) is 14.3 Å². The summed E-state index contributed by atoms with van der Waals surface area (Å²) in [4.78, 5) is 11.7. The monoisotopic (exact) mass is 234 g/mol. The van der Waals surface area contributed by atoms with Gasteiger partial charge >= 0.3 is 5.97 Å². The first-order chi connectivity index (χ1) is 8.36. The van der Waals surface area contributed by atoms with Gasteiger partial charge in [-0.1, -0.05) is 18.2 Å². The topological polar surface area (TPSA) is 35.5 Å². The maximum absolute atomic E-state index is 11.7. The van der Waals surface area contributed by atoms with Gasteiger partial charge in [0.2, 0.25) is 0 Å². The molecule has 2 saturated heterocycles. The van der Waals surface area contributed by atoms with Gasteiger partial charge in [0.15, 0.2) is 0 Å². The van der Waals surface area contributed by atoms with E-state index in [2.05, 4.69) is 18.2 Å². The van der Waals surface area contributed by atoms with Gasteiger partial charge < -0.3 is 9.47 Å². The predicted molar refractivity (Wildman–Crippen MR) is 63.4 cm³/mol. The highest BCUT2D eigenvalue weighted by Crippen LogP contribution is 2.38. The van der Waals surface area contributed by atoms with E-state index in [1.807, 2.05) is 0 Å². The molecule has 3 nitrogen and oxygen atoms in total. The Balaban J connectivity index is 1.80. The number of cyclic esters (lactones) is 1. The van der Waals surface area contributed by atoms with Gasteiger partial charge in [-0.05, 0) is 37.2 Å². The molecule has 2 heterocycles. The van der Waals surface area contributed by atoms with E-state index in [0.29, 0.717) is 12.5 Å². The lowest BCUT2D eigenvalue weighted by atomic mass is 9.77. The van der Waals surface area contributed by atoms with E-state index in [-0.39, 0.29) is 18.0 Å². The average molecular weight is 234 g/mol. The summed E-state index contributed by atoms with van der Waals surface area (Å²) >= 11 is 0. The van der Waals surface area contributed by atoms with Crippen molar-refractivity contribution >= 4 is 5.97 Å². The minimum Gasteiger partial charge on any atom is -0.465 e. The zero-order valence-electron chi connectivity index (χ0n) is 9.93. The summed E-state index contributed by atoms with van der Waals surface area (Å²) in [6.07, 6.45) is 10.7. The number of ether oxygens (including phenoxy) is 2. The second-order valence-electron chi connectivity index (χ2n) is 5.00. The lowest BCUT2D eigenvalue weighted by molar-refractivity contribution is -0.142. The van der Waals surface area contributed by atoms with E-state index in [9.17, 15) is 4.79 Å². The number of allylic oxidation sites excluding steroid dienone is 3. The Morgan fingerprint density at radius 3 is 2.82 bits per heavy atom. The minimum absolute atomic E-state index is 0.0193.